The number of aryl methyl sites for hydroxylation is 1. The molecule has 0 saturated heterocycles. The largest absolute Gasteiger partial charge is 0.341 e. The van der Waals surface area contributed by atoms with Crippen LogP contribution in [0.15, 0.2) is 24.3 Å². The van der Waals surface area contributed by atoms with Gasteiger partial charge in [-0.15, -0.1) is 0 Å². The summed E-state index contributed by atoms with van der Waals surface area (Å²) in [7, 11) is 1.99. The predicted molar refractivity (Wildman–Crippen MR) is 64.9 cm³/mol. The lowest BCUT2D eigenvalue weighted by atomic mass is 9.86. The zero-order chi connectivity index (χ0) is 11.5. The first-order valence-electron chi connectivity index (χ1n) is 5.63. The summed E-state index contributed by atoms with van der Waals surface area (Å²) in [6.45, 7) is 4.31. The van der Waals surface area contributed by atoms with E-state index in [0.717, 1.165) is 11.2 Å². The van der Waals surface area contributed by atoms with Gasteiger partial charge in [0, 0.05) is 24.4 Å². The van der Waals surface area contributed by atoms with Crippen molar-refractivity contribution >= 4 is 16.7 Å². The Morgan fingerprint density at radius 2 is 1.94 bits per heavy atom. The van der Waals surface area contributed by atoms with Crippen LogP contribution in [0.3, 0.4) is 0 Å². The molecule has 16 heavy (non-hydrogen) atoms. The van der Waals surface area contributed by atoms with Crippen molar-refractivity contribution in [2.45, 2.75) is 25.7 Å². The molecule has 0 aliphatic heterocycles. The van der Waals surface area contributed by atoms with Crippen molar-refractivity contribution in [2.24, 2.45) is 7.05 Å². The van der Waals surface area contributed by atoms with Gasteiger partial charge in [-0.05, 0) is 17.0 Å². The van der Waals surface area contributed by atoms with Crippen LogP contribution >= 0.6 is 0 Å². The number of para-hydroxylation sites is 1. The maximum atomic E-state index is 12.1. The Kier molecular flexibility index (Phi) is 1.66. The minimum absolute atomic E-state index is 0.0206. The van der Waals surface area contributed by atoms with Gasteiger partial charge in [-0.3, -0.25) is 4.79 Å². The van der Waals surface area contributed by atoms with E-state index in [9.17, 15) is 4.79 Å². The fraction of sp³-hybridized carbons (Fsp3) is 0.357. The number of carbonyl (C=O) groups excluding carboxylic acids is 1. The molecule has 2 heteroatoms. The first-order chi connectivity index (χ1) is 7.52. The summed E-state index contributed by atoms with van der Waals surface area (Å²) in [6, 6.07) is 8.27. The average Bonchev–Trinajstić information content (AvgIpc) is 2.64. The Labute approximate surface area is 94.9 Å². The lowest BCUT2D eigenvalue weighted by molar-refractivity contribution is 0.0973. The first kappa shape index (κ1) is 9.64. The lowest BCUT2D eigenvalue weighted by Crippen LogP contribution is -2.12. The molecular formula is C14H15NO. The maximum Gasteiger partial charge on any atom is 0.180 e. The molecule has 0 N–H and O–H groups in total. The highest BCUT2D eigenvalue weighted by Crippen LogP contribution is 2.43. The third kappa shape index (κ3) is 0.993. The van der Waals surface area contributed by atoms with E-state index in [1.54, 1.807) is 0 Å². The molecule has 0 spiro atoms. The quantitative estimate of drug-likeness (QED) is 0.659. The van der Waals surface area contributed by atoms with E-state index in [0.29, 0.717) is 6.42 Å². The van der Waals surface area contributed by atoms with Crippen LogP contribution in [0.2, 0.25) is 0 Å². The van der Waals surface area contributed by atoms with Crippen LogP contribution in [-0.2, 0) is 12.5 Å². The van der Waals surface area contributed by atoms with Gasteiger partial charge in [0.2, 0.25) is 0 Å². The van der Waals surface area contributed by atoms with Crippen LogP contribution in [0.1, 0.15) is 36.3 Å². The summed E-state index contributed by atoms with van der Waals surface area (Å²) in [5, 5.41) is 1.23. The molecule has 82 valence electrons. The third-order valence-electron chi connectivity index (χ3n) is 3.65. The zero-order valence-corrected chi connectivity index (χ0v) is 9.87. The Hall–Kier alpha value is -1.57. The van der Waals surface area contributed by atoms with Crippen molar-refractivity contribution in [1.29, 1.82) is 0 Å². The van der Waals surface area contributed by atoms with E-state index in [-0.39, 0.29) is 11.2 Å². The predicted octanol–water partition coefficient (Wildman–Crippen LogP) is 3.04. The van der Waals surface area contributed by atoms with Crippen LogP contribution in [0.5, 0.6) is 0 Å². The minimum Gasteiger partial charge on any atom is -0.341 e. The van der Waals surface area contributed by atoms with Gasteiger partial charge in [0.25, 0.3) is 0 Å². The standard InChI is InChI=1S/C14H15NO/c1-14(2)8-11(16)13-12(14)9-6-4-5-7-10(9)15(13)3/h4-7H,8H2,1-3H3. The van der Waals surface area contributed by atoms with E-state index >= 15 is 0 Å². The van der Waals surface area contributed by atoms with Gasteiger partial charge in [0.05, 0.1) is 5.69 Å². The Morgan fingerprint density at radius 3 is 2.69 bits per heavy atom. The fourth-order valence-corrected chi connectivity index (χ4v) is 2.98. The van der Waals surface area contributed by atoms with Gasteiger partial charge in [-0.1, -0.05) is 32.0 Å². The second-order valence-corrected chi connectivity index (χ2v) is 5.28. The molecule has 0 saturated carbocycles. The Morgan fingerprint density at radius 1 is 1.25 bits per heavy atom. The summed E-state index contributed by atoms with van der Waals surface area (Å²) in [6.07, 6.45) is 0.635. The van der Waals surface area contributed by atoms with E-state index in [1.807, 2.05) is 23.7 Å². The number of benzene rings is 1. The molecule has 2 nitrogen and oxygen atoms in total. The SMILES string of the molecule is Cn1c2c(c3ccccc31)C(C)(C)CC2=O. The number of Topliss-reactive ketones (excluding diaryl/α,β-unsaturated/α-hetero) is 1. The molecule has 0 amide bonds. The number of nitrogens with zero attached hydrogens (tertiary/aromatic N) is 1. The molecule has 1 aromatic heterocycles. The molecule has 3 rings (SSSR count). The summed E-state index contributed by atoms with van der Waals surface area (Å²) in [4.78, 5) is 12.1. The van der Waals surface area contributed by atoms with E-state index < -0.39 is 0 Å². The zero-order valence-electron chi connectivity index (χ0n) is 9.87. The van der Waals surface area contributed by atoms with E-state index in [4.69, 9.17) is 0 Å². The summed E-state index contributed by atoms with van der Waals surface area (Å²) in [5.74, 6) is 0.277. The number of rotatable bonds is 0. The smallest absolute Gasteiger partial charge is 0.180 e. The molecule has 0 fully saturated rings. The highest BCUT2D eigenvalue weighted by molar-refractivity contribution is 6.07. The average molecular weight is 213 g/mol. The van der Waals surface area contributed by atoms with Gasteiger partial charge in [0.15, 0.2) is 5.78 Å². The van der Waals surface area contributed by atoms with Crippen LogP contribution in [0.4, 0.5) is 0 Å². The number of fused-ring (bicyclic) bond motifs is 3. The summed E-state index contributed by atoms with van der Waals surface area (Å²) < 4.78 is 2.04. The molecule has 1 heterocycles. The summed E-state index contributed by atoms with van der Waals surface area (Å²) >= 11 is 0. The Bertz CT molecular complexity index is 604. The van der Waals surface area contributed by atoms with E-state index in [1.165, 1.54) is 10.9 Å². The highest BCUT2D eigenvalue weighted by atomic mass is 16.1. The topological polar surface area (TPSA) is 22.0 Å². The molecule has 1 aromatic carbocycles. The molecular weight excluding hydrogens is 198 g/mol. The van der Waals surface area contributed by atoms with Gasteiger partial charge >= 0.3 is 0 Å². The number of ketones is 1. The monoisotopic (exact) mass is 213 g/mol. The second kappa shape index (κ2) is 2.76. The molecule has 1 aliphatic rings. The lowest BCUT2D eigenvalue weighted by Gasteiger charge is -2.16. The molecule has 2 aromatic rings. The van der Waals surface area contributed by atoms with Crippen LogP contribution in [0.25, 0.3) is 10.9 Å². The fourth-order valence-electron chi connectivity index (χ4n) is 2.98. The molecule has 0 atom stereocenters. The normalized spacial score (nSPS) is 18.1. The molecule has 1 aliphatic carbocycles. The van der Waals surface area contributed by atoms with Crippen molar-refractivity contribution in [3.63, 3.8) is 0 Å². The maximum absolute atomic E-state index is 12.1. The first-order valence-corrected chi connectivity index (χ1v) is 5.63. The summed E-state index contributed by atoms with van der Waals surface area (Å²) in [5.41, 5.74) is 3.28. The van der Waals surface area contributed by atoms with Crippen molar-refractivity contribution in [2.75, 3.05) is 0 Å². The van der Waals surface area contributed by atoms with Crippen molar-refractivity contribution in [3.8, 4) is 0 Å². The van der Waals surface area contributed by atoms with Crippen LogP contribution in [0, 0.1) is 0 Å². The van der Waals surface area contributed by atoms with Gasteiger partial charge in [0.1, 0.15) is 0 Å². The van der Waals surface area contributed by atoms with Crippen LogP contribution in [-0.4, -0.2) is 10.4 Å². The van der Waals surface area contributed by atoms with Gasteiger partial charge in [-0.2, -0.15) is 0 Å². The van der Waals surface area contributed by atoms with Gasteiger partial charge < -0.3 is 4.57 Å². The number of hydrogen-bond acceptors (Lipinski definition) is 1. The van der Waals surface area contributed by atoms with E-state index in [2.05, 4.69) is 26.0 Å². The number of aromatic nitrogens is 1. The van der Waals surface area contributed by atoms with Crippen molar-refractivity contribution < 1.29 is 4.79 Å². The Balaban J connectivity index is 2.52. The number of carbonyl (C=O) groups is 1. The number of hydrogen-bond donors (Lipinski definition) is 0. The third-order valence-corrected chi connectivity index (χ3v) is 3.65. The van der Waals surface area contributed by atoms with Crippen molar-refractivity contribution in [3.05, 3.63) is 35.5 Å². The van der Waals surface area contributed by atoms with Crippen LogP contribution < -0.4 is 0 Å². The minimum atomic E-state index is -0.0206. The van der Waals surface area contributed by atoms with Gasteiger partial charge in [-0.25, -0.2) is 0 Å². The molecule has 0 bridgehead atoms. The molecule has 0 unspecified atom stereocenters. The van der Waals surface area contributed by atoms with Crippen molar-refractivity contribution in [1.82, 2.24) is 4.57 Å². The molecule has 0 radical (unpaired) electrons. The highest BCUT2D eigenvalue weighted by Gasteiger charge is 2.40. The second-order valence-electron chi connectivity index (χ2n) is 5.28.